The number of thioether (sulfide) groups is 1. The van der Waals surface area contributed by atoms with Crippen LogP contribution in [0.5, 0.6) is 0 Å². The van der Waals surface area contributed by atoms with Crippen LogP contribution >= 0.6 is 11.8 Å². The van der Waals surface area contributed by atoms with Crippen LogP contribution in [-0.2, 0) is 12.2 Å². The topological polar surface area (TPSA) is 65.0 Å². The van der Waals surface area contributed by atoms with Crippen LogP contribution in [-0.4, -0.2) is 15.4 Å². The van der Waals surface area contributed by atoms with Crippen molar-refractivity contribution in [2.45, 2.75) is 38.2 Å². The molecule has 0 aliphatic carbocycles. The predicted molar refractivity (Wildman–Crippen MR) is 90.1 cm³/mol. The number of aromatic nitrogens is 3. The molecule has 0 aliphatic heterocycles. The summed E-state index contributed by atoms with van der Waals surface area (Å²) in [6.45, 7) is 6.11. The standard InChI is InChI=1S/C17H19N3O2S/c1-4-16-18-19-17(21-16)12(3)23-10-14-9-15(20-22-14)13-7-5-11(2)6-8-13/h5-9,12H,4,10H2,1-3H3. The monoisotopic (exact) mass is 329 g/mol. The number of rotatable bonds is 6. The molecule has 5 nitrogen and oxygen atoms in total. The van der Waals surface area contributed by atoms with Crippen LogP contribution in [0.25, 0.3) is 11.3 Å². The minimum absolute atomic E-state index is 0.121. The number of nitrogens with zero attached hydrogens (tertiary/aromatic N) is 3. The molecule has 0 saturated carbocycles. The largest absolute Gasteiger partial charge is 0.424 e. The summed E-state index contributed by atoms with van der Waals surface area (Å²) in [6.07, 6.45) is 0.756. The van der Waals surface area contributed by atoms with Gasteiger partial charge in [-0.25, -0.2) is 0 Å². The number of benzene rings is 1. The first-order valence-corrected chi connectivity index (χ1v) is 8.67. The van der Waals surface area contributed by atoms with E-state index in [2.05, 4.69) is 53.5 Å². The highest BCUT2D eigenvalue weighted by molar-refractivity contribution is 7.98. The minimum Gasteiger partial charge on any atom is -0.424 e. The van der Waals surface area contributed by atoms with E-state index in [9.17, 15) is 0 Å². The minimum atomic E-state index is 0.121. The summed E-state index contributed by atoms with van der Waals surface area (Å²) in [4.78, 5) is 0. The van der Waals surface area contributed by atoms with E-state index in [-0.39, 0.29) is 5.25 Å². The van der Waals surface area contributed by atoms with Gasteiger partial charge in [0.25, 0.3) is 0 Å². The lowest BCUT2D eigenvalue weighted by atomic mass is 10.1. The van der Waals surface area contributed by atoms with Gasteiger partial charge in [0.1, 0.15) is 11.5 Å². The Bertz CT molecular complexity index is 764. The first kappa shape index (κ1) is 15.8. The second-order valence-corrected chi connectivity index (χ2v) is 6.71. The normalized spacial score (nSPS) is 12.5. The van der Waals surface area contributed by atoms with Crippen molar-refractivity contribution >= 4 is 11.8 Å². The molecule has 2 aromatic heterocycles. The molecule has 0 fully saturated rings. The lowest BCUT2D eigenvalue weighted by molar-refractivity contribution is 0.397. The van der Waals surface area contributed by atoms with E-state index in [0.717, 1.165) is 23.4 Å². The van der Waals surface area contributed by atoms with Gasteiger partial charge in [0, 0.05) is 18.1 Å². The second-order valence-electron chi connectivity index (χ2n) is 5.39. The Labute approximate surface area is 139 Å². The fourth-order valence-corrected chi connectivity index (χ4v) is 2.88. The molecule has 0 saturated heterocycles. The molecule has 23 heavy (non-hydrogen) atoms. The molecule has 0 radical (unpaired) electrons. The second kappa shape index (κ2) is 7.00. The van der Waals surface area contributed by atoms with Crippen LogP contribution in [0.4, 0.5) is 0 Å². The maximum atomic E-state index is 5.58. The Morgan fingerprint density at radius 3 is 2.65 bits per heavy atom. The summed E-state index contributed by atoms with van der Waals surface area (Å²) in [6, 6.07) is 10.2. The van der Waals surface area contributed by atoms with E-state index in [1.807, 2.05) is 13.0 Å². The van der Waals surface area contributed by atoms with Gasteiger partial charge < -0.3 is 8.94 Å². The molecule has 0 N–H and O–H groups in total. The summed E-state index contributed by atoms with van der Waals surface area (Å²) < 4.78 is 11.0. The molecule has 3 aromatic rings. The summed E-state index contributed by atoms with van der Waals surface area (Å²) in [5.74, 6) is 2.88. The van der Waals surface area contributed by atoms with Gasteiger partial charge in [0.05, 0.1) is 11.0 Å². The molecular formula is C17H19N3O2S. The third kappa shape index (κ3) is 3.82. The third-order valence-electron chi connectivity index (χ3n) is 3.51. The molecule has 1 atom stereocenters. The molecule has 0 aliphatic rings. The maximum Gasteiger partial charge on any atom is 0.229 e. The van der Waals surface area contributed by atoms with Crippen LogP contribution in [0.15, 0.2) is 39.3 Å². The molecule has 120 valence electrons. The zero-order valence-electron chi connectivity index (χ0n) is 13.4. The van der Waals surface area contributed by atoms with Gasteiger partial charge in [-0.05, 0) is 13.8 Å². The van der Waals surface area contributed by atoms with Gasteiger partial charge in [0.15, 0.2) is 0 Å². The summed E-state index contributed by atoms with van der Waals surface area (Å²) in [7, 11) is 0. The van der Waals surface area contributed by atoms with Crippen LogP contribution in [0.3, 0.4) is 0 Å². The van der Waals surface area contributed by atoms with Crippen molar-refractivity contribution in [1.82, 2.24) is 15.4 Å². The molecule has 0 amide bonds. The van der Waals surface area contributed by atoms with Crippen molar-refractivity contribution in [3.05, 3.63) is 53.4 Å². The molecule has 0 bridgehead atoms. The zero-order chi connectivity index (χ0) is 16.2. The van der Waals surface area contributed by atoms with Crippen LogP contribution in [0.2, 0.25) is 0 Å². The van der Waals surface area contributed by atoms with Crippen molar-refractivity contribution in [2.75, 3.05) is 0 Å². The molecule has 3 rings (SSSR count). The average molecular weight is 329 g/mol. The summed E-state index contributed by atoms with van der Waals surface area (Å²) in [5, 5.41) is 12.3. The van der Waals surface area contributed by atoms with Crippen LogP contribution in [0.1, 0.15) is 42.2 Å². The van der Waals surface area contributed by atoms with Gasteiger partial charge >= 0.3 is 0 Å². The van der Waals surface area contributed by atoms with Gasteiger partial charge in [-0.3, -0.25) is 0 Å². The lowest BCUT2D eigenvalue weighted by Crippen LogP contribution is -1.89. The van der Waals surface area contributed by atoms with E-state index >= 15 is 0 Å². The fraction of sp³-hybridized carbons (Fsp3) is 0.353. The zero-order valence-corrected chi connectivity index (χ0v) is 14.3. The van der Waals surface area contributed by atoms with Gasteiger partial charge in [-0.1, -0.05) is 41.9 Å². The fourth-order valence-electron chi connectivity index (χ4n) is 2.09. The van der Waals surface area contributed by atoms with Gasteiger partial charge in [-0.2, -0.15) is 0 Å². The number of aryl methyl sites for hydroxylation is 2. The van der Waals surface area contributed by atoms with E-state index in [1.54, 1.807) is 11.8 Å². The molecule has 0 spiro atoms. The average Bonchev–Trinajstić information content (AvgIpc) is 3.22. The van der Waals surface area contributed by atoms with E-state index < -0.39 is 0 Å². The Kier molecular flexibility index (Phi) is 4.81. The molecule has 2 heterocycles. The molecule has 1 unspecified atom stereocenters. The number of hydrogen-bond donors (Lipinski definition) is 0. The Balaban J connectivity index is 1.61. The van der Waals surface area contributed by atoms with E-state index in [0.29, 0.717) is 17.5 Å². The lowest BCUT2D eigenvalue weighted by Gasteiger charge is -2.03. The van der Waals surface area contributed by atoms with Crippen LogP contribution in [0, 0.1) is 6.92 Å². The molecule has 1 aromatic carbocycles. The predicted octanol–water partition coefficient (Wildman–Crippen LogP) is 4.59. The van der Waals surface area contributed by atoms with Crippen molar-refractivity contribution in [3.8, 4) is 11.3 Å². The smallest absolute Gasteiger partial charge is 0.229 e. The van der Waals surface area contributed by atoms with Crippen molar-refractivity contribution in [1.29, 1.82) is 0 Å². The van der Waals surface area contributed by atoms with Crippen molar-refractivity contribution in [2.24, 2.45) is 0 Å². The van der Waals surface area contributed by atoms with E-state index in [1.165, 1.54) is 5.56 Å². The molecule has 6 heteroatoms. The Hall–Kier alpha value is -2.08. The summed E-state index contributed by atoms with van der Waals surface area (Å²) >= 11 is 1.69. The molecular weight excluding hydrogens is 310 g/mol. The van der Waals surface area contributed by atoms with E-state index in [4.69, 9.17) is 8.94 Å². The highest BCUT2D eigenvalue weighted by atomic mass is 32.2. The SMILES string of the molecule is CCc1nnc(C(C)SCc2cc(-c3ccc(C)cc3)no2)o1. The highest BCUT2D eigenvalue weighted by Gasteiger charge is 2.15. The van der Waals surface area contributed by atoms with Gasteiger partial charge in [0.2, 0.25) is 11.8 Å². The quantitative estimate of drug-likeness (QED) is 0.659. The Morgan fingerprint density at radius 1 is 1.17 bits per heavy atom. The third-order valence-corrected chi connectivity index (χ3v) is 4.67. The van der Waals surface area contributed by atoms with Crippen LogP contribution < -0.4 is 0 Å². The Morgan fingerprint density at radius 2 is 1.96 bits per heavy atom. The first-order chi connectivity index (χ1) is 11.2. The highest BCUT2D eigenvalue weighted by Crippen LogP contribution is 2.31. The maximum absolute atomic E-state index is 5.58. The van der Waals surface area contributed by atoms with Crippen molar-refractivity contribution in [3.63, 3.8) is 0 Å². The van der Waals surface area contributed by atoms with Crippen molar-refractivity contribution < 1.29 is 8.94 Å². The summed E-state index contributed by atoms with van der Waals surface area (Å²) in [5.41, 5.74) is 3.15. The van der Waals surface area contributed by atoms with Gasteiger partial charge in [-0.15, -0.1) is 22.0 Å². The first-order valence-electron chi connectivity index (χ1n) is 7.62. The number of hydrogen-bond acceptors (Lipinski definition) is 6.